The number of hydrogen-bond donors (Lipinski definition) is 2. The zero-order valence-electron chi connectivity index (χ0n) is 12.6. The fraction of sp³-hybridized carbons (Fsp3) is 0.105. The van der Waals surface area contributed by atoms with Crippen LogP contribution in [0.2, 0.25) is 0 Å². The van der Waals surface area contributed by atoms with Crippen LogP contribution in [-0.2, 0) is 4.79 Å². The van der Waals surface area contributed by atoms with Gasteiger partial charge in [0.25, 0.3) is 0 Å². The minimum atomic E-state index is -0.436. The molecule has 3 aromatic rings. The van der Waals surface area contributed by atoms with Crippen molar-refractivity contribution in [3.8, 4) is 5.75 Å². The van der Waals surface area contributed by atoms with E-state index in [-0.39, 0.29) is 11.7 Å². The van der Waals surface area contributed by atoms with Gasteiger partial charge in [-0.15, -0.1) is 0 Å². The van der Waals surface area contributed by atoms with E-state index in [0.717, 1.165) is 20.8 Å². The van der Waals surface area contributed by atoms with Crippen LogP contribution in [0.4, 0.5) is 0 Å². The Hall–Kier alpha value is -2.33. The van der Waals surface area contributed by atoms with Gasteiger partial charge in [0.1, 0.15) is 5.75 Å². The van der Waals surface area contributed by atoms with Crippen molar-refractivity contribution in [3.63, 3.8) is 0 Å². The maximum absolute atomic E-state index is 11.8. The van der Waals surface area contributed by atoms with Crippen LogP contribution < -0.4 is 5.32 Å². The van der Waals surface area contributed by atoms with Crippen molar-refractivity contribution in [2.24, 2.45) is 0 Å². The van der Waals surface area contributed by atoms with Gasteiger partial charge in [0.15, 0.2) is 0 Å². The lowest BCUT2D eigenvalue weighted by Crippen LogP contribution is -2.27. The Kier molecular flexibility index (Phi) is 4.35. The molecule has 0 saturated heterocycles. The highest BCUT2D eigenvalue weighted by Crippen LogP contribution is 2.37. The fourth-order valence-corrected chi connectivity index (χ4v) is 3.32. The number of halogens is 1. The Labute approximate surface area is 143 Å². The average Bonchev–Trinajstić information content (AvgIpc) is 2.53. The number of phenolic OH excluding ortho intramolecular Hbond substituents is 1. The van der Waals surface area contributed by atoms with E-state index in [9.17, 15) is 9.90 Å². The molecule has 0 aliphatic rings. The summed E-state index contributed by atoms with van der Waals surface area (Å²) in [4.78, 5) is 11.8. The van der Waals surface area contributed by atoms with Crippen LogP contribution in [0.3, 0.4) is 0 Å². The van der Waals surface area contributed by atoms with Gasteiger partial charge in [-0.3, -0.25) is 4.79 Å². The van der Waals surface area contributed by atoms with Crippen molar-refractivity contribution in [2.75, 3.05) is 0 Å². The minimum absolute atomic E-state index is 0.155. The van der Waals surface area contributed by atoms with Crippen molar-refractivity contribution in [1.82, 2.24) is 5.32 Å². The van der Waals surface area contributed by atoms with Gasteiger partial charge in [-0.05, 0) is 28.5 Å². The van der Waals surface area contributed by atoms with E-state index in [2.05, 4.69) is 21.2 Å². The standard InChI is InChI=1S/C19H16BrNO2/c1-12(22)21-19(15-8-4-5-9-16(15)20)18-14-7-3-2-6-13(14)10-11-17(18)23/h2-11,19,23H,1H3,(H,21,22). The zero-order chi connectivity index (χ0) is 16.4. The number of fused-ring (bicyclic) bond motifs is 1. The summed E-state index contributed by atoms with van der Waals surface area (Å²) in [7, 11) is 0. The normalized spacial score (nSPS) is 12.1. The molecule has 0 radical (unpaired) electrons. The lowest BCUT2D eigenvalue weighted by Gasteiger charge is -2.23. The van der Waals surface area contributed by atoms with Crippen molar-refractivity contribution in [3.05, 3.63) is 76.3 Å². The highest BCUT2D eigenvalue weighted by atomic mass is 79.9. The predicted molar refractivity (Wildman–Crippen MR) is 95.4 cm³/mol. The number of nitrogens with one attached hydrogen (secondary N) is 1. The van der Waals surface area contributed by atoms with Crippen LogP contribution in [0.25, 0.3) is 10.8 Å². The lowest BCUT2D eigenvalue weighted by atomic mass is 9.92. The molecule has 4 heteroatoms. The number of phenols is 1. The number of carbonyl (C=O) groups is 1. The van der Waals surface area contributed by atoms with E-state index < -0.39 is 6.04 Å². The maximum Gasteiger partial charge on any atom is 0.217 e. The van der Waals surface area contributed by atoms with Gasteiger partial charge in [-0.1, -0.05) is 64.5 Å². The van der Waals surface area contributed by atoms with E-state index in [1.165, 1.54) is 6.92 Å². The molecule has 0 fully saturated rings. The molecule has 0 spiro atoms. The van der Waals surface area contributed by atoms with Crippen molar-refractivity contribution < 1.29 is 9.90 Å². The van der Waals surface area contributed by atoms with E-state index in [0.29, 0.717) is 5.56 Å². The van der Waals surface area contributed by atoms with Crippen LogP contribution in [0.15, 0.2) is 65.1 Å². The summed E-state index contributed by atoms with van der Waals surface area (Å²) in [5.41, 5.74) is 1.60. The van der Waals surface area contributed by atoms with Crippen LogP contribution in [0.1, 0.15) is 24.1 Å². The molecule has 1 unspecified atom stereocenters. The van der Waals surface area contributed by atoms with Gasteiger partial charge in [0.05, 0.1) is 6.04 Å². The summed E-state index contributed by atoms with van der Waals surface area (Å²) in [6.45, 7) is 1.48. The SMILES string of the molecule is CC(=O)NC(c1ccccc1Br)c1c(O)ccc2ccccc12. The monoisotopic (exact) mass is 369 g/mol. The van der Waals surface area contributed by atoms with Gasteiger partial charge in [-0.2, -0.15) is 0 Å². The van der Waals surface area contributed by atoms with Crippen LogP contribution in [0.5, 0.6) is 5.75 Å². The molecular formula is C19H16BrNO2. The molecule has 23 heavy (non-hydrogen) atoms. The zero-order valence-corrected chi connectivity index (χ0v) is 14.2. The molecule has 3 rings (SSSR count). The number of hydrogen-bond acceptors (Lipinski definition) is 2. The van der Waals surface area contributed by atoms with Crippen molar-refractivity contribution in [1.29, 1.82) is 0 Å². The van der Waals surface area contributed by atoms with Crippen LogP contribution >= 0.6 is 15.9 Å². The molecule has 1 atom stereocenters. The second-order valence-corrected chi connectivity index (χ2v) is 6.23. The number of aromatic hydroxyl groups is 1. The van der Waals surface area contributed by atoms with Crippen LogP contribution in [0, 0.1) is 0 Å². The molecule has 2 N–H and O–H groups in total. The molecule has 0 aromatic heterocycles. The predicted octanol–water partition coefficient (Wildman–Crippen LogP) is 4.53. The molecular weight excluding hydrogens is 354 g/mol. The Morgan fingerprint density at radius 2 is 1.74 bits per heavy atom. The first-order valence-electron chi connectivity index (χ1n) is 7.30. The van der Waals surface area contributed by atoms with E-state index >= 15 is 0 Å². The smallest absolute Gasteiger partial charge is 0.217 e. The molecule has 0 saturated carbocycles. The highest BCUT2D eigenvalue weighted by molar-refractivity contribution is 9.10. The Bertz CT molecular complexity index is 876. The largest absolute Gasteiger partial charge is 0.508 e. The van der Waals surface area contributed by atoms with E-state index in [1.54, 1.807) is 6.07 Å². The third kappa shape index (κ3) is 3.08. The van der Waals surface area contributed by atoms with Gasteiger partial charge in [-0.25, -0.2) is 0 Å². The third-order valence-corrected chi connectivity index (χ3v) is 4.52. The fourth-order valence-electron chi connectivity index (χ4n) is 2.81. The first-order valence-corrected chi connectivity index (χ1v) is 8.09. The Morgan fingerprint density at radius 1 is 1.04 bits per heavy atom. The summed E-state index contributed by atoms with van der Waals surface area (Å²) in [6, 6.07) is 18.6. The summed E-state index contributed by atoms with van der Waals surface area (Å²) >= 11 is 3.54. The van der Waals surface area contributed by atoms with Gasteiger partial charge >= 0.3 is 0 Å². The van der Waals surface area contributed by atoms with E-state index in [1.807, 2.05) is 54.6 Å². The molecule has 116 valence electrons. The topological polar surface area (TPSA) is 49.3 Å². The van der Waals surface area contributed by atoms with Crippen LogP contribution in [-0.4, -0.2) is 11.0 Å². The number of carbonyl (C=O) groups excluding carboxylic acids is 1. The molecule has 0 aliphatic carbocycles. The number of benzene rings is 3. The quantitative estimate of drug-likeness (QED) is 0.712. The molecule has 0 bridgehead atoms. The van der Waals surface area contributed by atoms with Crippen molar-refractivity contribution in [2.45, 2.75) is 13.0 Å². The van der Waals surface area contributed by atoms with E-state index in [4.69, 9.17) is 0 Å². The average molecular weight is 370 g/mol. The Morgan fingerprint density at radius 3 is 2.48 bits per heavy atom. The van der Waals surface area contributed by atoms with Crippen molar-refractivity contribution >= 4 is 32.6 Å². The van der Waals surface area contributed by atoms with Gasteiger partial charge < -0.3 is 10.4 Å². The molecule has 0 aliphatic heterocycles. The summed E-state index contributed by atoms with van der Waals surface area (Å²) in [6.07, 6.45) is 0. The summed E-state index contributed by atoms with van der Waals surface area (Å²) < 4.78 is 0.881. The Balaban J connectivity index is 2.28. The minimum Gasteiger partial charge on any atom is -0.508 e. The number of amides is 1. The molecule has 0 heterocycles. The first-order chi connectivity index (χ1) is 11.1. The van der Waals surface area contributed by atoms with Gasteiger partial charge in [0, 0.05) is 17.0 Å². The highest BCUT2D eigenvalue weighted by Gasteiger charge is 2.23. The number of rotatable bonds is 3. The summed E-state index contributed by atoms with van der Waals surface area (Å²) in [5.74, 6) is 0.0105. The maximum atomic E-state index is 11.8. The second kappa shape index (κ2) is 6.42. The molecule has 1 amide bonds. The van der Waals surface area contributed by atoms with Gasteiger partial charge in [0.2, 0.25) is 5.91 Å². The molecule has 3 aromatic carbocycles. The summed E-state index contributed by atoms with van der Waals surface area (Å²) in [5, 5.41) is 15.4. The second-order valence-electron chi connectivity index (χ2n) is 5.37. The first kappa shape index (κ1) is 15.6. The lowest BCUT2D eigenvalue weighted by molar-refractivity contribution is -0.119. The molecule has 3 nitrogen and oxygen atoms in total. The third-order valence-electron chi connectivity index (χ3n) is 3.80.